The van der Waals surface area contributed by atoms with Gasteiger partial charge < -0.3 is 5.73 Å². The van der Waals surface area contributed by atoms with Crippen LogP contribution in [0.25, 0.3) is 0 Å². The maximum absolute atomic E-state index is 5.77. The van der Waals surface area contributed by atoms with Crippen LogP contribution in [0.2, 0.25) is 0 Å². The molecule has 0 saturated carbocycles. The summed E-state index contributed by atoms with van der Waals surface area (Å²) >= 11 is 0. The van der Waals surface area contributed by atoms with Crippen LogP contribution in [-0.2, 0) is 6.54 Å². The molecule has 0 amide bonds. The van der Waals surface area contributed by atoms with Crippen molar-refractivity contribution in [2.24, 2.45) is 11.7 Å². The Morgan fingerprint density at radius 3 is 2.35 bits per heavy atom. The normalized spacial score (nSPS) is 14.9. The van der Waals surface area contributed by atoms with Crippen LogP contribution in [0, 0.1) is 5.92 Å². The SMILES string of the molecule is CCCN(Cc1ccccc1)C(C)C(C)CN. The van der Waals surface area contributed by atoms with Crippen LogP contribution >= 0.6 is 0 Å². The summed E-state index contributed by atoms with van der Waals surface area (Å²) in [4.78, 5) is 2.53. The lowest BCUT2D eigenvalue weighted by Gasteiger charge is -2.32. The number of rotatable bonds is 7. The highest BCUT2D eigenvalue weighted by atomic mass is 15.1. The van der Waals surface area contributed by atoms with E-state index >= 15 is 0 Å². The fourth-order valence-electron chi connectivity index (χ4n) is 2.09. The Kier molecular flexibility index (Phi) is 6.23. The number of hydrogen-bond acceptors (Lipinski definition) is 2. The Morgan fingerprint density at radius 1 is 1.18 bits per heavy atom. The predicted octanol–water partition coefficient (Wildman–Crippen LogP) is 2.88. The van der Waals surface area contributed by atoms with Crippen molar-refractivity contribution in [3.63, 3.8) is 0 Å². The van der Waals surface area contributed by atoms with Gasteiger partial charge in [-0.2, -0.15) is 0 Å². The molecule has 2 unspecified atom stereocenters. The second-order valence-electron chi connectivity index (χ2n) is 4.91. The summed E-state index contributed by atoms with van der Waals surface area (Å²) in [6.07, 6.45) is 1.19. The van der Waals surface area contributed by atoms with Crippen molar-refractivity contribution in [3.8, 4) is 0 Å². The molecule has 0 aliphatic heterocycles. The average molecular weight is 234 g/mol. The standard InChI is InChI=1S/C15H26N2/c1-4-10-17(14(3)13(2)11-16)12-15-8-6-5-7-9-15/h5-9,13-14H,4,10-12,16H2,1-3H3. The highest BCUT2D eigenvalue weighted by Crippen LogP contribution is 2.14. The summed E-state index contributed by atoms with van der Waals surface area (Å²) in [7, 11) is 0. The Balaban J connectivity index is 2.66. The van der Waals surface area contributed by atoms with Gasteiger partial charge in [-0.25, -0.2) is 0 Å². The van der Waals surface area contributed by atoms with Gasteiger partial charge in [-0.3, -0.25) is 4.90 Å². The molecule has 1 aromatic carbocycles. The molecule has 0 radical (unpaired) electrons. The van der Waals surface area contributed by atoms with Crippen LogP contribution < -0.4 is 5.73 Å². The van der Waals surface area contributed by atoms with Gasteiger partial charge >= 0.3 is 0 Å². The first-order chi connectivity index (χ1) is 8.19. The second-order valence-corrected chi connectivity index (χ2v) is 4.91. The molecule has 0 saturated heterocycles. The number of hydrogen-bond donors (Lipinski definition) is 1. The van der Waals surface area contributed by atoms with Gasteiger partial charge in [0.2, 0.25) is 0 Å². The molecule has 0 heterocycles. The quantitative estimate of drug-likeness (QED) is 0.786. The molecule has 2 atom stereocenters. The molecular weight excluding hydrogens is 208 g/mol. The van der Waals surface area contributed by atoms with Crippen molar-refractivity contribution in [1.29, 1.82) is 0 Å². The predicted molar refractivity (Wildman–Crippen MR) is 74.8 cm³/mol. The molecule has 0 fully saturated rings. The molecule has 1 rings (SSSR count). The van der Waals surface area contributed by atoms with E-state index in [-0.39, 0.29) is 0 Å². The van der Waals surface area contributed by atoms with Gasteiger partial charge in [0.15, 0.2) is 0 Å². The van der Waals surface area contributed by atoms with E-state index in [0.717, 1.165) is 19.6 Å². The summed E-state index contributed by atoms with van der Waals surface area (Å²) in [5.74, 6) is 0.547. The Labute approximate surface area is 106 Å². The van der Waals surface area contributed by atoms with Gasteiger partial charge in [-0.15, -0.1) is 0 Å². The fourth-order valence-corrected chi connectivity index (χ4v) is 2.09. The summed E-state index contributed by atoms with van der Waals surface area (Å²) in [6, 6.07) is 11.2. The highest BCUT2D eigenvalue weighted by Gasteiger charge is 2.18. The van der Waals surface area contributed by atoms with E-state index in [2.05, 4.69) is 56.0 Å². The maximum Gasteiger partial charge on any atom is 0.0236 e. The average Bonchev–Trinajstić information content (AvgIpc) is 2.37. The Hall–Kier alpha value is -0.860. The number of nitrogens with zero attached hydrogens (tertiary/aromatic N) is 1. The minimum absolute atomic E-state index is 0.542. The van der Waals surface area contributed by atoms with Crippen molar-refractivity contribution in [2.75, 3.05) is 13.1 Å². The van der Waals surface area contributed by atoms with Gasteiger partial charge in [0, 0.05) is 12.6 Å². The monoisotopic (exact) mass is 234 g/mol. The zero-order valence-corrected chi connectivity index (χ0v) is 11.4. The molecule has 0 aromatic heterocycles. The van der Waals surface area contributed by atoms with Crippen LogP contribution in [0.3, 0.4) is 0 Å². The van der Waals surface area contributed by atoms with E-state index in [0.29, 0.717) is 12.0 Å². The van der Waals surface area contributed by atoms with E-state index < -0.39 is 0 Å². The fraction of sp³-hybridized carbons (Fsp3) is 0.600. The largest absolute Gasteiger partial charge is 0.330 e. The molecule has 2 nitrogen and oxygen atoms in total. The van der Waals surface area contributed by atoms with Crippen molar-refractivity contribution >= 4 is 0 Å². The molecule has 17 heavy (non-hydrogen) atoms. The van der Waals surface area contributed by atoms with Gasteiger partial charge in [-0.1, -0.05) is 44.2 Å². The van der Waals surface area contributed by atoms with Crippen molar-refractivity contribution in [1.82, 2.24) is 4.90 Å². The summed E-state index contributed by atoms with van der Waals surface area (Å²) in [6.45, 7) is 9.68. The minimum Gasteiger partial charge on any atom is -0.330 e. The molecule has 2 heteroatoms. The third-order valence-electron chi connectivity index (χ3n) is 3.51. The zero-order chi connectivity index (χ0) is 12.7. The Bertz CT molecular complexity index is 297. The van der Waals surface area contributed by atoms with E-state index in [1.165, 1.54) is 12.0 Å². The second kappa shape index (κ2) is 7.46. The van der Waals surface area contributed by atoms with Crippen LogP contribution in [-0.4, -0.2) is 24.0 Å². The van der Waals surface area contributed by atoms with Crippen LogP contribution in [0.4, 0.5) is 0 Å². The van der Waals surface area contributed by atoms with Gasteiger partial charge in [-0.05, 0) is 37.9 Å². The van der Waals surface area contributed by atoms with Crippen molar-refractivity contribution < 1.29 is 0 Å². The maximum atomic E-state index is 5.77. The van der Waals surface area contributed by atoms with Crippen molar-refractivity contribution in [2.45, 2.75) is 39.8 Å². The number of benzene rings is 1. The highest BCUT2D eigenvalue weighted by molar-refractivity contribution is 5.14. The van der Waals surface area contributed by atoms with E-state index in [9.17, 15) is 0 Å². The molecule has 0 bridgehead atoms. The molecule has 0 spiro atoms. The third kappa shape index (κ3) is 4.49. The van der Waals surface area contributed by atoms with E-state index in [1.807, 2.05) is 0 Å². The molecule has 0 aliphatic rings. The molecule has 2 N–H and O–H groups in total. The van der Waals surface area contributed by atoms with Crippen molar-refractivity contribution in [3.05, 3.63) is 35.9 Å². The molecule has 1 aromatic rings. The molecule has 0 aliphatic carbocycles. The first kappa shape index (κ1) is 14.2. The van der Waals surface area contributed by atoms with Gasteiger partial charge in [0.1, 0.15) is 0 Å². The summed E-state index contributed by atoms with van der Waals surface area (Å²) in [5, 5.41) is 0. The van der Waals surface area contributed by atoms with E-state index in [4.69, 9.17) is 5.73 Å². The number of nitrogens with two attached hydrogens (primary N) is 1. The van der Waals surface area contributed by atoms with Gasteiger partial charge in [0.05, 0.1) is 0 Å². The smallest absolute Gasteiger partial charge is 0.0236 e. The summed E-state index contributed by atoms with van der Waals surface area (Å²) < 4.78 is 0. The van der Waals surface area contributed by atoms with E-state index in [1.54, 1.807) is 0 Å². The molecular formula is C15H26N2. The van der Waals surface area contributed by atoms with Crippen LogP contribution in [0.5, 0.6) is 0 Å². The lowest BCUT2D eigenvalue weighted by molar-refractivity contribution is 0.156. The Morgan fingerprint density at radius 2 is 1.82 bits per heavy atom. The molecule has 96 valence electrons. The lowest BCUT2D eigenvalue weighted by Crippen LogP contribution is -2.40. The lowest BCUT2D eigenvalue weighted by atomic mass is 10.0. The first-order valence-corrected chi connectivity index (χ1v) is 6.67. The third-order valence-corrected chi connectivity index (χ3v) is 3.51. The topological polar surface area (TPSA) is 29.3 Å². The zero-order valence-electron chi connectivity index (χ0n) is 11.4. The minimum atomic E-state index is 0.542. The van der Waals surface area contributed by atoms with Crippen LogP contribution in [0.15, 0.2) is 30.3 Å². The van der Waals surface area contributed by atoms with Gasteiger partial charge in [0.25, 0.3) is 0 Å². The summed E-state index contributed by atoms with van der Waals surface area (Å²) in [5.41, 5.74) is 7.16. The van der Waals surface area contributed by atoms with Crippen LogP contribution in [0.1, 0.15) is 32.8 Å². The first-order valence-electron chi connectivity index (χ1n) is 6.67.